The highest BCUT2D eigenvalue weighted by atomic mass is 127. The third-order valence-electron chi connectivity index (χ3n) is 5.00. The van der Waals surface area contributed by atoms with Crippen molar-refractivity contribution in [3.63, 3.8) is 0 Å². The molecule has 1 aromatic carbocycles. The number of hydrogen-bond donors (Lipinski definition) is 1. The summed E-state index contributed by atoms with van der Waals surface area (Å²) in [6, 6.07) is 6.90. The second-order valence-corrected chi connectivity index (χ2v) is 12.7. The number of aromatic nitrogens is 1. The molecule has 1 amide bonds. The number of sulfonamides is 1. The maximum atomic E-state index is 13.4. The SMILES string of the molecule is CS(=O)(=O)CCCCN(c1nc2oc(-c3ccc(F)cc3)c(C(N)=O)c2cc1CI)S(C)(=O)=O. The van der Waals surface area contributed by atoms with Gasteiger partial charge in [0.25, 0.3) is 5.91 Å². The summed E-state index contributed by atoms with van der Waals surface area (Å²) >= 11 is 2.05. The lowest BCUT2D eigenvalue weighted by atomic mass is 10.0. The van der Waals surface area contributed by atoms with E-state index in [4.69, 9.17) is 10.2 Å². The zero-order chi connectivity index (χ0) is 25.3. The summed E-state index contributed by atoms with van der Waals surface area (Å²) in [5.41, 5.74) is 6.60. The van der Waals surface area contributed by atoms with Crippen LogP contribution in [0.4, 0.5) is 10.2 Å². The van der Waals surface area contributed by atoms with E-state index in [-0.39, 0.29) is 41.6 Å². The number of pyridine rings is 1. The summed E-state index contributed by atoms with van der Waals surface area (Å²) in [6.07, 6.45) is 2.74. The second-order valence-electron chi connectivity index (χ2n) is 7.81. The van der Waals surface area contributed by atoms with Gasteiger partial charge in [-0.2, -0.15) is 4.98 Å². The smallest absolute Gasteiger partial charge is 0.253 e. The fourth-order valence-corrected chi connectivity index (χ4v) is 5.69. The molecule has 2 heterocycles. The van der Waals surface area contributed by atoms with E-state index in [2.05, 4.69) is 27.6 Å². The number of alkyl halides is 1. The Morgan fingerprint density at radius 1 is 1.15 bits per heavy atom. The van der Waals surface area contributed by atoms with Crippen LogP contribution in [0.2, 0.25) is 0 Å². The number of amides is 1. The van der Waals surface area contributed by atoms with Gasteiger partial charge in [-0.25, -0.2) is 21.2 Å². The average molecular weight is 623 g/mol. The average Bonchev–Trinajstić information content (AvgIpc) is 3.10. The molecular formula is C21H23FIN3O6S2. The Bertz CT molecular complexity index is 1440. The number of benzene rings is 1. The monoisotopic (exact) mass is 623 g/mol. The van der Waals surface area contributed by atoms with E-state index in [1.807, 2.05) is 0 Å². The molecule has 0 bridgehead atoms. The minimum absolute atomic E-state index is 0.00140. The van der Waals surface area contributed by atoms with Crippen LogP contribution >= 0.6 is 22.6 Å². The van der Waals surface area contributed by atoms with Gasteiger partial charge in [-0.3, -0.25) is 9.10 Å². The van der Waals surface area contributed by atoms with E-state index < -0.39 is 31.6 Å². The Morgan fingerprint density at radius 3 is 2.32 bits per heavy atom. The predicted octanol–water partition coefficient (Wildman–Crippen LogP) is 3.26. The number of carbonyl (C=O) groups is 1. The zero-order valence-electron chi connectivity index (χ0n) is 18.4. The van der Waals surface area contributed by atoms with Crippen LogP contribution in [-0.4, -0.2) is 52.5 Å². The number of nitrogens with zero attached hydrogens (tertiary/aromatic N) is 2. The number of rotatable bonds is 10. The third-order valence-corrected chi connectivity index (χ3v) is 8.01. The number of halogens is 2. The van der Waals surface area contributed by atoms with E-state index in [1.165, 1.54) is 24.3 Å². The van der Waals surface area contributed by atoms with Crippen molar-refractivity contribution in [2.45, 2.75) is 17.3 Å². The maximum Gasteiger partial charge on any atom is 0.253 e. The Balaban J connectivity index is 2.13. The van der Waals surface area contributed by atoms with E-state index in [1.54, 1.807) is 6.07 Å². The van der Waals surface area contributed by atoms with Gasteiger partial charge in [-0.15, -0.1) is 0 Å². The van der Waals surface area contributed by atoms with Crippen molar-refractivity contribution in [1.82, 2.24) is 4.98 Å². The summed E-state index contributed by atoms with van der Waals surface area (Å²) in [4.78, 5) is 16.7. The lowest BCUT2D eigenvalue weighted by Gasteiger charge is -2.23. The Morgan fingerprint density at radius 2 is 1.79 bits per heavy atom. The van der Waals surface area contributed by atoms with Crippen molar-refractivity contribution in [2.24, 2.45) is 5.73 Å². The topological polar surface area (TPSA) is 141 Å². The molecule has 0 fully saturated rings. The molecule has 0 atom stereocenters. The van der Waals surface area contributed by atoms with Crippen LogP contribution in [0.5, 0.6) is 0 Å². The first-order chi connectivity index (χ1) is 15.8. The normalized spacial score (nSPS) is 12.2. The molecule has 0 spiro atoms. The fraction of sp³-hybridized carbons (Fsp3) is 0.333. The fourth-order valence-electron chi connectivity index (χ4n) is 3.47. The number of unbranched alkanes of at least 4 members (excludes halogenated alkanes) is 1. The molecule has 184 valence electrons. The van der Waals surface area contributed by atoms with E-state index in [0.29, 0.717) is 27.4 Å². The Kier molecular flexibility index (Phi) is 7.87. The van der Waals surface area contributed by atoms with Crippen LogP contribution in [0.25, 0.3) is 22.4 Å². The molecule has 0 aliphatic carbocycles. The zero-order valence-corrected chi connectivity index (χ0v) is 22.2. The van der Waals surface area contributed by atoms with Crippen LogP contribution in [0.1, 0.15) is 28.8 Å². The van der Waals surface area contributed by atoms with Crippen molar-refractivity contribution in [1.29, 1.82) is 0 Å². The van der Waals surface area contributed by atoms with Crippen LogP contribution in [0.3, 0.4) is 0 Å². The number of primary amides is 1. The van der Waals surface area contributed by atoms with Crippen molar-refractivity contribution < 1.29 is 30.4 Å². The lowest BCUT2D eigenvalue weighted by molar-refractivity contribution is 0.100. The van der Waals surface area contributed by atoms with Gasteiger partial charge in [-0.05, 0) is 43.2 Å². The summed E-state index contributed by atoms with van der Waals surface area (Å²) in [5, 5.41) is 0.313. The first-order valence-corrected chi connectivity index (χ1v) is 15.5. The van der Waals surface area contributed by atoms with E-state index in [9.17, 15) is 26.0 Å². The molecule has 0 radical (unpaired) electrons. The quantitative estimate of drug-likeness (QED) is 0.208. The van der Waals surface area contributed by atoms with Gasteiger partial charge in [0.15, 0.2) is 0 Å². The minimum Gasteiger partial charge on any atom is -0.437 e. The molecule has 2 aromatic heterocycles. The highest BCUT2D eigenvalue weighted by Crippen LogP contribution is 2.36. The number of anilines is 1. The third kappa shape index (κ3) is 6.05. The highest BCUT2D eigenvalue weighted by Gasteiger charge is 2.27. The molecule has 0 unspecified atom stereocenters. The first kappa shape index (κ1) is 26.3. The van der Waals surface area contributed by atoms with E-state index in [0.717, 1.165) is 16.8 Å². The largest absolute Gasteiger partial charge is 0.437 e. The minimum atomic E-state index is -3.77. The van der Waals surface area contributed by atoms with Gasteiger partial charge >= 0.3 is 0 Å². The van der Waals surface area contributed by atoms with Gasteiger partial charge < -0.3 is 10.2 Å². The van der Waals surface area contributed by atoms with Crippen LogP contribution < -0.4 is 10.0 Å². The van der Waals surface area contributed by atoms with Gasteiger partial charge in [0, 0.05) is 34.1 Å². The van der Waals surface area contributed by atoms with Crippen molar-refractivity contribution in [3.05, 3.63) is 47.3 Å². The standard InChI is InChI=1S/C21H23FIN3O6S2/c1-33(28,29)10-4-3-9-26(34(2,30)31)20-14(12-23)11-16-17(19(24)27)18(32-21(16)25-20)13-5-7-15(22)8-6-13/h5-8,11H,3-4,9-10,12H2,1-2H3,(H2,24,27). The van der Waals surface area contributed by atoms with Crippen molar-refractivity contribution in [2.75, 3.05) is 29.1 Å². The highest BCUT2D eigenvalue weighted by molar-refractivity contribution is 14.1. The summed E-state index contributed by atoms with van der Waals surface area (Å²) in [5.74, 6) is -1.07. The van der Waals surface area contributed by atoms with E-state index >= 15 is 0 Å². The Hall–Kier alpha value is -2.26. The number of carbonyl (C=O) groups excluding carboxylic acids is 1. The second kappa shape index (κ2) is 10.2. The van der Waals surface area contributed by atoms with Gasteiger partial charge in [0.05, 0.1) is 17.2 Å². The number of fused-ring (bicyclic) bond motifs is 1. The molecule has 13 heteroatoms. The lowest BCUT2D eigenvalue weighted by Crippen LogP contribution is -2.32. The number of furan rings is 1. The van der Waals surface area contributed by atoms with Crippen molar-refractivity contribution >= 4 is 65.3 Å². The molecule has 34 heavy (non-hydrogen) atoms. The molecule has 3 aromatic rings. The van der Waals surface area contributed by atoms with Crippen LogP contribution in [0, 0.1) is 5.82 Å². The van der Waals surface area contributed by atoms with Crippen LogP contribution in [0.15, 0.2) is 34.7 Å². The number of hydrogen-bond acceptors (Lipinski definition) is 7. The molecule has 0 saturated heterocycles. The summed E-state index contributed by atoms with van der Waals surface area (Å²) in [7, 11) is -6.94. The predicted molar refractivity (Wildman–Crippen MR) is 137 cm³/mol. The molecule has 0 saturated carbocycles. The van der Waals surface area contributed by atoms with Gasteiger partial charge in [0.1, 0.15) is 27.2 Å². The molecule has 9 nitrogen and oxygen atoms in total. The van der Waals surface area contributed by atoms with Crippen LogP contribution in [-0.2, 0) is 24.3 Å². The summed E-state index contributed by atoms with van der Waals surface area (Å²) in [6.45, 7) is 0.0186. The van der Waals surface area contributed by atoms with Gasteiger partial charge in [-0.1, -0.05) is 22.6 Å². The summed E-state index contributed by atoms with van der Waals surface area (Å²) < 4.78 is 68.6. The molecule has 3 rings (SSSR count). The number of sulfone groups is 1. The first-order valence-electron chi connectivity index (χ1n) is 10.1. The molecular weight excluding hydrogens is 600 g/mol. The molecule has 0 aliphatic rings. The molecule has 0 aliphatic heterocycles. The van der Waals surface area contributed by atoms with Gasteiger partial charge in [0.2, 0.25) is 15.7 Å². The Labute approximate surface area is 210 Å². The maximum absolute atomic E-state index is 13.4. The number of nitrogens with two attached hydrogens (primary N) is 1. The van der Waals surface area contributed by atoms with Crippen molar-refractivity contribution in [3.8, 4) is 11.3 Å². The molecule has 2 N–H and O–H groups in total.